The van der Waals surface area contributed by atoms with Crippen LogP contribution in [-0.4, -0.2) is 32.5 Å². The van der Waals surface area contributed by atoms with Crippen molar-refractivity contribution in [2.24, 2.45) is 0 Å². The summed E-state index contributed by atoms with van der Waals surface area (Å²) in [5.41, 5.74) is -13.8. The summed E-state index contributed by atoms with van der Waals surface area (Å²) in [7, 11) is -7.51. The van der Waals surface area contributed by atoms with Crippen LogP contribution in [0.25, 0.3) is 0 Å². The first-order chi connectivity index (χ1) is 15.8. The molecular weight excluding hydrogens is 530 g/mol. The Bertz CT molecular complexity index is 1140. The third-order valence-electron chi connectivity index (χ3n) is 6.09. The normalized spacial score (nSPS) is 23.1. The van der Waals surface area contributed by atoms with Crippen LogP contribution < -0.4 is 10.4 Å². The molecule has 2 aliphatic heterocycles. The minimum atomic E-state index is -7.51. The van der Waals surface area contributed by atoms with Crippen LogP contribution in [0.4, 0.5) is 52.7 Å². The van der Waals surface area contributed by atoms with Crippen LogP contribution in [0.15, 0.2) is 48.5 Å². The van der Waals surface area contributed by atoms with E-state index in [4.69, 9.17) is 0 Å². The Morgan fingerprint density at radius 1 is 0.571 bits per heavy atom. The van der Waals surface area contributed by atoms with Gasteiger partial charge in [-0.3, -0.25) is 0 Å². The topological polar surface area (TPSA) is 42.2 Å². The number of hydrogen-bond acceptors (Lipinski definition) is 3. The van der Waals surface area contributed by atoms with Crippen molar-refractivity contribution in [3.63, 3.8) is 0 Å². The maximum absolute atomic E-state index is 14.1. The average Bonchev–Trinajstić information content (AvgIpc) is 3.17. The summed E-state index contributed by atoms with van der Waals surface area (Å²) in [5.74, 6) is 0. The Morgan fingerprint density at radius 2 is 0.857 bits per heavy atom. The van der Waals surface area contributed by atoms with E-state index < -0.39 is 65.2 Å². The van der Waals surface area contributed by atoms with Gasteiger partial charge in [0.15, 0.2) is 0 Å². The summed E-state index contributed by atoms with van der Waals surface area (Å²) in [4.78, 5) is 0. The van der Waals surface area contributed by atoms with Crippen molar-refractivity contribution < 1.29 is 61.5 Å². The van der Waals surface area contributed by atoms with Crippen molar-refractivity contribution in [3.8, 4) is 5.69 Å². The van der Waals surface area contributed by atoms with E-state index in [-0.39, 0.29) is 12.1 Å². The summed E-state index contributed by atoms with van der Waals surface area (Å²) in [6.45, 7) is 0. The van der Waals surface area contributed by atoms with Gasteiger partial charge >= 0.3 is 186 Å². The first-order valence-corrected chi connectivity index (χ1v) is 11.5. The second-order valence-corrected chi connectivity index (χ2v) is 11.7. The fraction of sp³-hybridized carbons (Fsp3) is 0.316. The van der Waals surface area contributed by atoms with Gasteiger partial charge in [-0.1, -0.05) is 0 Å². The van der Waals surface area contributed by atoms with Crippen LogP contribution in [0.3, 0.4) is 0 Å². The van der Waals surface area contributed by atoms with Crippen LogP contribution in [0.1, 0.15) is 11.1 Å². The zero-order valence-electron chi connectivity index (χ0n) is 16.4. The fourth-order valence-corrected chi connectivity index (χ4v) is 10.0. The monoisotopic (exact) mass is 538 g/mol. The maximum atomic E-state index is 14.1. The van der Waals surface area contributed by atoms with Gasteiger partial charge in [0.05, 0.1) is 0 Å². The molecule has 35 heavy (non-hydrogen) atoms. The molecular formula is C19H8F12NO2Si-. The van der Waals surface area contributed by atoms with Gasteiger partial charge in [0.2, 0.25) is 0 Å². The molecule has 2 aromatic carbocycles. The average molecular weight is 538 g/mol. The number of benzene rings is 2. The molecule has 2 aliphatic rings. The van der Waals surface area contributed by atoms with Gasteiger partial charge in [-0.25, -0.2) is 0 Å². The molecule has 190 valence electrons. The number of fused-ring (bicyclic) bond motifs is 4. The number of alkyl halides is 12. The molecule has 0 atom stereocenters. The summed E-state index contributed by atoms with van der Waals surface area (Å²) < 4.78 is 179. The molecule has 0 N–H and O–H groups in total. The van der Waals surface area contributed by atoms with Crippen molar-refractivity contribution in [2.75, 3.05) is 0 Å². The van der Waals surface area contributed by atoms with Gasteiger partial charge < -0.3 is 0 Å². The Hall–Kier alpha value is -2.77. The Labute approximate surface area is 187 Å². The summed E-state index contributed by atoms with van der Waals surface area (Å²) in [6.07, 6.45) is -25.9. The zero-order chi connectivity index (χ0) is 26.5. The van der Waals surface area contributed by atoms with Crippen molar-refractivity contribution in [3.05, 3.63) is 59.7 Å². The molecule has 2 heterocycles. The van der Waals surface area contributed by atoms with Crippen LogP contribution in [0, 0.1) is 11.0 Å². The van der Waals surface area contributed by atoms with Crippen LogP contribution in [0.2, 0.25) is 0 Å². The first kappa shape index (κ1) is 25.3. The zero-order valence-corrected chi connectivity index (χ0v) is 17.4. The van der Waals surface area contributed by atoms with E-state index in [1.807, 2.05) is 0 Å². The number of nitriles is 1. The summed E-state index contributed by atoms with van der Waals surface area (Å²) in [6, 6.07) is 3.87. The molecule has 3 nitrogen and oxygen atoms in total. The fourth-order valence-electron chi connectivity index (χ4n) is 4.78. The third kappa shape index (κ3) is 2.60. The Morgan fingerprint density at radius 3 is 1.11 bits per heavy atom. The molecule has 0 saturated carbocycles. The van der Waals surface area contributed by atoms with Gasteiger partial charge in [0, 0.05) is 0 Å². The van der Waals surface area contributed by atoms with Gasteiger partial charge in [-0.2, -0.15) is 0 Å². The van der Waals surface area contributed by atoms with Gasteiger partial charge in [-0.05, 0) is 0 Å². The number of hydrogen-bond donors (Lipinski definition) is 0. The molecule has 0 aromatic heterocycles. The predicted octanol–water partition coefficient (Wildman–Crippen LogP) is 4.96. The van der Waals surface area contributed by atoms with Gasteiger partial charge in [0.25, 0.3) is 0 Å². The second-order valence-electron chi connectivity index (χ2n) is 7.83. The SMILES string of the molecule is N#C[Si-]12(OC(C(F)(F)F)(C(F)(F)F)c3ccccc31)OC(C(F)(F)F)(C(F)(F)F)c1ccccc12. The van der Waals surface area contributed by atoms with E-state index in [1.165, 1.54) is 0 Å². The van der Waals surface area contributed by atoms with Crippen molar-refractivity contribution in [1.82, 2.24) is 0 Å². The van der Waals surface area contributed by atoms with Crippen LogP contribution >= 0.6 is 0 Å². The van der Waals surface area contributed by atoms with E-state index in [0.717, 1.165) is 17.8 Å². The first-order valence-electron chi connectivity index (χ1n) is 9.21. The van der Waals surface area contributed by atoms with Crippen molar-refractivity contribution in [2.45, 2.75) is 35.9 Å². The predicted molar refractivity (Wildman–Crippen MR) is 93.3 cm³/mol. The van der Waals surface area contributed by atoms with Crippen LogP contribution in [-0.2, 0) is 20.1 Å². The number of rotatable bonds is 0. The molecule has 0 radical (unpaired) electrons. The summed E-state index contributed by atoms with van der Waals surface area (Å²) >= 11 is 0. The van der Waals surface area contributed by atoms with Gasteiger partial charge in [-0.15, -0.1) is 0 Å². The van der Waals surface area contributed by atoms with Crippen LogP contribution in [0.5, 0.6) is 0 Å². The van der Waals surface area contributed by atoms with Gasteiger partial charge in [0.1, 0.15) is 0 Å². The van der Waals surface area contributed by atoms with E-state index in [9.17, 15) is 57.9 Å². The quantitative estimate of drug-likeness (QED) is 0.352. The molecule has 0 fully saturated rings. The van der Waals surface area contributed by atoms with E-state index in [1.54, 1.807) is 0 Å². The third-order valence-corrected chi connectivity index (χ3v) is 10.7. The standard InChI is InChI=1S/C19H8F12NO2Si/c20-16(21,22)14(17(23,24)25)10-5-1-3-7-12(10)35(9-32,33-14)13-8-4-2-6-11(13)15(34-35,18(26,27)28)19(29,30)31/h1-8H/q-1. The van der Waals surface area contributed by atoms with Crippen molar-refractivity contribution in [1.29, 1.82) is 5.26 Å². The molecule has 16 heteroatoms. The van der Waals surface area contributed by atoms with E-state index in [0.29, 0.717) is 24.3 Å². The molecule has 0 bridgehead atoms. The molecule has 1 spiro atoms. The Kier molecular flexibility index (Phi) is 4.71. The van der Waals surface area contributed by atoms with E-state index >= 15 is 0 Å². The second kappa shape index (κ2) is 6.50. The molecule has 0 amide bonds. The number of halogens is 12. The summed E-state index contributed by atoms with van der Waals surface area (Å²) in [5, 5.41) is 7.07. The Balaban J connectivity index is 2.28. The van der Waals surface area contributed by atoms with Crippen molar-refractivity contribution >= 4 is 18.2 Å². The molecule has 4 rings (SSSR count). The number of nitrogens with zero attached hydrogens (tertiary/aromatic N) is 1. The van der Waals surface area contributed by atoms with E-state index in [2.05, 4.69) is 8.85 Å². The molecule has 0 saturated heterocycles. The molecule has 2 aromatic rings. The molecule has 0 unspecified atom stereocenters. The molecule has 0 aliphatic carbocycles. The minimum absolute atomic E-state index is 0.174.